The number of amides is 2. The molecule has 0 aliphatic carbocycles. The molecule has 0 saturated carbocycles. The molecular weight excluding hydrogens is 566 g/mol. The Morgan fingerprint density at radius 1 is 0.953 bits per heavy atom. The average molecular weight is 618 g/mol. The van der Waals surface area contributed by atoms with Crippen LogP contribution in [0.25, 0.3) is 0 Å². The smallest absolute Gasteiger partial charge is 0.317 e. The highest BCUT2D eigenvalue weighted by atomic mass is 32.2. The minimum Gasteiger partial charge on any atom is -0.491 e. The number of sulfonamides is 1. The molecule has 10 nitrogen and oxygen atoms in total. The molecule has 2 aromatic carbocycles. The Hall–Kier alpha value is -3.02. The molecule has 1 aliphatic rings. The van der Waals surface area contributed by atoms with E-state index in [2.05, 4.69) is 51.9 Å². The third kappa shape index (κ3) is 14.3. The Balaban J connectivity index is 1.24. The highest BCUT2D eigenvalue weighted by Crippen LogP contribution is 2.18. The summed E-state index contributed by atoms with van der Waals surface area (Å²) in [5.74, 6) is 0.557. The first-order valence-corrected chi connectivity index (χ1v) is 17.6. The van der Waals surface area contributed by atoms with E-state index in [1.807, 2.05) is 4.90 Å². The molecule has 1 fully saturated rings. The molecule has 5 N–H and O–H groups in total. The van der Waals surface area contributed by atoms with Gasteiger partial charge in [-0.2, -0.15) is 0 Å². The number of nitrogens with one attached hydrogen (secondary N) is 4. The van der Waals surface area contributed by atoms with Crippen LogP contribution in [0.3, 0.4) is 0 Å². The number of rotatable bonds is 19. The van der Waals surface area contributed by atoms with E-state index in [9.17, 15) is 18.3 Å². The van der Waals surface area contributed by atoms with Crippen LogP contribution in [-0.2, 0) is 16.4 Å². The number of aliphatic hydroxyl groups excluding tert-OH is 1. The van der Waals surface area contributed by atoms with E-state index in [4.69, 9.17) is 4.74 Å². The predicted octanol–water partition coefficient (Wildman–Crippen LogP) is 4.58. The molecule has 11 heteroatoms. The maximum absolute atomic E-state index is 12.5. The fourth-order valence-electron chi connectivity index (χ4n) is 5.03. The molecule has 0 radical (unpaired) electrons. The molecule has 0 spiro atoms. The lowest BCUT2D eigenvalue weighted by Crippen LogP contribution is -2.47. The lowest BCUT2D eigenvalue weighted by atomic mass is 10.0. The second-order valence-corrected chi connectivity index (χ2v) is 13.2. The molecule has 1 atom stereocenters. The van der Waals surface area contributed by atoms with Gasteiger partial charge in [-0.25, -0.2) is 13.2 Å². The Kier molecular flexibility index (Phi) is 14.9. The summed E-state index contributed by atoms with van der Waals surface area (Å²) >= 11 is 0. The molecule has 43 heavy (non-hydrogen) atoms. The van der Waals surface area contributed by atoms with Gasteiger partial charge in [-0.15, -0.1) is 0 Å². The fourth-order valence-corrected chi connectivity index (χ4v) is 5.59. The third-order valence-electron chi connectivity index (χ3n) is 7.48. The van der Waals surface area contributed by atoms with Crippen molar-refractivity contribution >= 4 is 27.4 Å². The van der Waals surface area contributed by atoms with Crippen LogP contribution >= 0.6 is 0 Å². The van der Waals surface area contributed by atoms with Crippen molar-refractivity contribution in [1.82, 2.24) is 15.5 Å². The van der Waals surface area contributed by atoms with Gasteiger partial charge in [0.15, 0.2) is 0 Å². The Labute approximate surface area is 258 Å². The number of hydrogen-bond donors (Lipinski definition) is 5. The Morgan fingerprint density at radius 3 is 2.28 bits per heavy atom. The summed E-state index contributed by atoms with van der Waals surface area (Å²) < 4.78 is 30.6. The standard InChI is InChI=1S/C32H51N5O5S/c1-3-4-5-6-7-8-20-34-32(39)37-22-18-28(19-23-37)35-27-11-9-26(10-12-27)17-21-33-24-30(38)25-42-31-15-13-29(14-16-31)36-43(2,40)41/h9-16,28,30,33,35-36,38H,3-8,17-25H2,1-2H3,(H,34,39)/t30-/m0/s1. The summed E-state index contributed by atoms with van der Waals surface area (Å²) in [4.78, 5) is 14.4. The quantitative estimate of drug-likeness (QED) is 0.146. The second-order valence-electron chi connectivity index (χ2n) is 11.4. The normalized spacial score (nSPS) is 14.7. The first-order valence-electron chi connectivity index (χ1n) is 15.7. The zero-order chi connectivity index (χ0) is 30.9. The molecule has 0 aromatic heterocycles. The number of hydrogen-bond acceptors (Lipinski definition) is 7. The van der Waals surface area contributed by atoms with E-state index < -0.39 is 16.1 Å². The number of benzene rings is 2. The number of likely N-dealkylation sites (tertiary alicyclic amines) is 1. The van der Waals surface area contributed by atoms with Crippen LogP contribution in [0, 0.1) is 0 Å². The predicted molar refractivity (Wildman–Crippen MR) is 174 cm³/mol. The van der Waals surface area contributed by atoms with Crippen molar-refractivity contribution in [2.45, 2.75) is 76.9 Å². The van der Waals surface area contributed by atoms with E-state index in [1.54, 1.807) is 24.3 Å². The number of unbranched alkanes of at least 4 members (excludes halogenated alkanes) is 5. The van der Waals surface area contributed by atoms with E-state index in [1.165, 1.54) is 37.7 Å². The minimum absolute atomic E-state index is 0.0704. The topological polar surface area (TPSA) is 132 Å². The number of nitrogens with zero attached hydrogens (tertiary/aromatic N) is 1. The van der Waals surface area contributed by atoms with Crippen LogP contribution < -0.4 is 25.4 Å². The summed E-state index contributed by atoms with van der Waals surface area (Å²) in [6.07, 6.45) is 10.5. The van der Waals surface area contributed by atoms with Crippen molar-refractivity contribution in [2.24, 2.45) is 0 Å². The molecule has 2 amide bonds. The highest BCUT2D eigenvalue weighted by Gasteiger charge is 2.22. The molecule has 2 aromatic rings. The average Bonchev–Trinajstić information content (AvgIpc) is 2.99. The van der Waals surface area contributed by atoms with Crippen molar-refractivity contribution in [3.8, 4) is 5.75 Å². The molecule has 0 bridgehead atoms. The van der Waals surface area contributed by atoms with Gasteiger partial charge in [-0.1, -0.05) is 51.2 Å². The molecule has 0 unspecified atom stereocenters. The van der Waals surface area contributed by atoms with Gasteiger partial charge in [-0.05, 0) is 74.2 Å². The number of carbonyl (C=O) groups is 1. The first-order chi connectivity index (χ1) is 20.7. The van der Waals surface area contributed by atoms with Gasteiger partial charge in [0.25, 0.3) is 0 Å². The number of piperidine rings is 1. The maximum atomic E-state index is 12.5. The van der Waals surface area contributed by atoms with Crippen LogP contribution in [0.5, 0.6) is 5.75 Å². The zero-order valence-corrected chi connectivity index (χ0v) is 26.6. The highest BCUT2D eigenvalue weighted by molar-refractivity contribution is 7.92. The van der Waals surface area contributed by atoms with Gasteiger partial charge < -0.3 is 30.7 Å². The summed E-state index contributed by atoms with van der Waals surface area (Å²) in [5.41, 5.74) is 2.76. The summed E-state index contributed by atoms with van der Waals surface area (Å²) in [5, 5.41) is 20.2. The molecular formula is C32H51N5O5S. The van der Waals surface area contributed by atoms with Gasteiger partial charge in [0.2, 0.25) is 10.0 Å². The molecule has 1 heterocycles. The van der Waals surface area contributed by atoms with Gasteiger partial charge in [0, 0.05) is 43.6 Å². The van der Waals surface area contributed by atoms with Crippen LogP contribution in [-0.4, -0.2) is 82.2 Å². The maximum Gasteiger partial charge on any atom is 0.317 e. The molecule has 3 rings (SSSR count). The van der Waals surface area contributed by atoms with Crippen molar-refractivity contribution in [3.05, 3.63) is 54.1 Å². The molecule has 1 aliphatic heterocycles. The number of carbonyl (C=O) groups excluding carboxylic acids is 1. The lowest BCUT2D eigenvalue weighted by molar-refractivity contribution is 0.106. The van der Waals surface area contributed by atoms with Gasteiger partial charge >= 0.3 is 6.03 Å². The van der Waals surface area contributed by atoms with Crippen molar-refractivity contribution in [3.63, 3.8) is 0 Å². The lowest BCUT2D eigenvalue weighted by Gasteiger charge is -2.33. The third-order valence-corrected chi connectivity index (χ3v) is 8.09. The van der Waals surface area contributed by atoms with Gasteiger partial charge in [-0.3, -0.25) is 4.72 Å². The van der Waals surface area contributed by atoms with E-state index in [-0.39, 0.29) is 12.6 Å². The Morgan fingerprint density at radius 2 is 1.60 bits per heavy atom. The molecule has 1 saturated heterocycles. The summed E-state index contributed by atoms with van der Waals surface area (Å²) in [6.45, 7) is 5.81. The number of urea groups is 1. The van der Waals surface area contributed by atoms with Gasteiger partial charge in [0.1, 0.15) is 18.5 Å². The zero-order valence-electron chi connectivity index (χ0n) is 25.8. The van der Waals surface area contributed by atoms with Crippen LogP contribution in [0.4, 0.5) is 16.2 Å². The number of aliphatic hydroxyl groups is 1. The molecule has 240 valence electrons. The number of ether oxygens (including phenoxy) is 1. The summed E-state index contributed by atoms with van der Waals surface area (Å²) in [6, 6.07) is 15.4. The van der Waals surface area contributed by atoms with Gasteiger partial charge in [0.05, 0.1) is 6.26 Å². The first kappa shape index (κ1) is 34.5. The van der Waals surface area contributed by atoms with Crippen LogP contribution in [0.2, 0.25) is 0 Å². The van der Waals surface area contributed by atoms with Crippen molar-refractivity contribution in [2.75, 3.05) is 55.6 Å². The largest absolute Gasteiger partial charge is 0.491 e. The monoisotopic (exact) mass is 617 g/mol. The van der Waals surface area contributed by atoms with E-state index >= 15 is 0 Å². The second kappa shape index (κ2) is 18.6. The van der Waals surface area contributed by atoms with Crippen molar-refractivity contribution in [1.29, 1.82) is 0 Å². The van der Waals surface area contributed by atoms with E-state index in [0.29, 0.717) is 24.0 Å². The Bertz CT molecular complexity index is 1170. The van der Waals surface area contributed by atoms with Crippen molar-refractivity contribution < 1.29 is 23.1 Å². The van der Waals surface area contributed by atoms with Crippen LogP contribution in [0.1, 0.15) is 63.9 Å². The fraction of sp³-hybridized carbons (Fsp3) is 0.594. The minimum atomic E-state index is -3.32. The van der Waals surface area contributed by atoms with E-state index in [0.717, 1.165) is 63.8 Å². The number of anilines is 2. The summed E-state index contributed by atoms with van der Waals surface area (Å²) in [7, 11) is -3.32. The van der Waals surface area contributed by atoms with Crippen LogP contribution in [0.15, 0.2) is 48.5 Å². The SMILES string of the molecule is CCCCCCCCNC(=O)N1CCC(Nc2ccc(CCNC[C@H](O)COc3ccc(NS(C)(=O)=O)cc3)cc2)CC1.